The maximum absolute atomic E-state index is 12.5. The van der Waals surface area contributed by atoms with E-state index in [2.05, 4.69) is 33.1 Å². The van der Waals surface area contributed by atoms with Gasteiger partial charge in [0.05, 0.1) is 10.3 Å². The number of aromatic nitrogens is 1. The summed E-state index contributed by atoms with van der Waals surface area (Å²) in [5.41, 5.74) is 0. The van der Waals surface area contributed by atoms with E-state index in [-0.39, 0.29) is 17.2 Å². The third kappa shape index (κ3) is 5.87. The van der Waals surface area contributed by atoms with Gasteiger partial charge < -0.3 is 10.2 Å². The lowest BCUT2D eigenvalue weighted by atomic mass is 10.2. The number of carbonyl (C=O) groups is 1. The number of hydrogen-bond acceptors (Lipinski definition) is 5. The lowest BCUT2D eigenvalue weighted by Gasteiger charge is -2.36. The number of anilines is 1. The first-order chi connectivity index (χ1) is 13.5. The second kappa shape index (κ2) is 10.1. The number of pyridine rings is 1. The summed E-state index contributed by atoms with van der Waals surface area (Å²) in [6.07, 6.45) is 1.83. The van der Waals surface area contributed by atoms with E-state index in [1.54, 1.807) is 0 Å². The Kier molecular flexibility index (Phi) is 7.59. The van der Waals surface area contributed by atoms with Crippen LogP contribution in [-0.4, -0.2) is 59.8 Å². The molecule has 150 valence electrons. The normalized spacial score (nSPS) is 17.2. The molecule has 2 heterocycles. The lowest BCUT2D eigenvalue weighted by Crippen LogP contribution is -2.51. The van der Waals surface area contributed by atoms with E-state index in [9.17, 15) is 4.79 Å². The molecular formula is C21H27ClN4OS. The van der Waals surface area contributed by atoms with Crippen LogP contribution in [0.3, 0.4) is 0 Å². The molecule has 2 atom stereocenters. The van der Waals surface area contributed by atoms with Crippen molar-refractivity contribution in [3.63, 3.8) is 0 Å². The highest BCUT2D eigenvalue weighted by atomic mass is 35.5. The molecule has 0 spiro atoms. The zero-order valence-electron chi connectivity index (χ0n) is 16.3. The number of rotatable bonds is 7. The standard InChI is InChI=1S/C21H27ClN4OS/c1-16(24-21(27)17(2)28-19-8-4-3-7-18(19)22)15-25-11-13-26(14-12-25)20-9-5-6-10-23-20/h3-10,16-17H,11-15H2,1-2H3,(H,24,27). The summed E-state index contributed by atoms with van der Waals surface area (Å²) in [4.78, 5) is 22.6. The van der Waals surface area contributed by atoms with Crippen molar-refractivity contribution in [2.45, 2.75) is 30.0 Å². The SMILES string of the molecule is CC(CN1CCN(c2ccccn2)CC1)NC(=O)C(C)Sc1ccccc1Cl. The van der Waals surface area contributed by atoms with Crippen molar-refractivity contribution in [3.05, 3.63) is 53.7 Å². The highest BCUT2D eigenvalue weighted by Crippen LogP contribution is 2.30. The Hall–Kier alpha value is -1.76. The van der Waals surface area contributed by atoms with Gasteiger partial charge in [-0.3, -0.25) is 9.69 Å². The number of halogens is 1. The van der Waals surface area contributed by atoms with Crippen LogP contribution in [0.15, 0.2) is 53.6 Å². The summed E-state index contributed by atoms with van der Waals surface area (Å²) in [5, 5.41) is 3.63. The first-order valence-corrected chi connectivity index (χ1v) is 10.9. The molecule has 5 nitrogen and oxygen atoms in total. The summed E-state index contributed by atoms with van der Waals surface area (Å²) < 4.78 is 0. The van der Waals surface area contributed by atoms with Gasteiger partial charge in [-0.25, -0.2) is 4.98 Å². The van der Waals surface area contributed by atoms with Gasteiger partial charge in [-0.2, -0.15) is 0 Å². The van der Waals surface area contributed by atoms with Gasteiger partial charge in [-0.1, -0.05) is 29.8 Å². The van der Waals surface area contributed by atoms with Crippen molar-refractivity contribution in [2.75, 3.05) is 37.6 Å². The second-order valence-electron chi connectivity index (χ2n) is 7.08. The van der Waals surface area contributed by atoms with Gasteiger partial charge in [-0.15, -0.1) is 11.8 Å². The summed E-state index contributed by atoms with van der Waals surface area (Å²) in [5.74, 6) is 1.08. The van der Waals surface area contributed by atoms with E-state index in [4.69, 9.17) is 11.6 Å². The predicted octanol–water partition coefficient (Wildman–Crippen LogP) is 3.54. The maximum atomic E-state index is 12.5. The lowest BCUT2D eigenvalue weighted by molar-refractivity contribution is -0.121. The van der Waals surface area contributed by atoms with E-state index >= 15 is 0 Å². The highest BCUT2D eigenvalue weighted by molar-refractivity contribution is 8.00. The molecule has 1 aromatic heterocycles. The van der Waals surface area contributed by atoms with Crippen molar-refractivity contribution < 1.29 is 4.79 Å². The van der Waals surface area contributed by atoms with E-state index in [1.807, 2.05) is 49.5 Å². The molecule has 1 amide bonds. The van der Waals surface area contributed by atoms with Crippen LogP contribution in [0.4, 0.5) is 5.82 Å². The minimum Gasteiger partial charge on any atom is -0.354 e. The third-order valence-electron chi connectivity index (χ3n) is 4.78. The van der Waals surface area contributed by atoms with E-state index in [0.717, 1.165) is 43.4 Å². The zero-order chi connectivity index (χ0) is 19.9. The molecule has 0 bridgehead atoms. The highest BCUT2D eigenvalue weighted by Gasteiger charge is 2.22. The van der Waals surface area contributed by atoms with Crippen molar-refractivity contribution in [1.29, 1.82) is 0 Å². The molecule has 28 heavy (non-hydrogen) atoms. The fourth-order valence-electron chi connectivity index (χ4n) is 3.28. The number of benzene rings is 1. The van der Waals surface area contributed by atoms with Crippen molar-refractivity contribution >= 4 is 35.1 Å². The van der Waals surface area contributed by atoms with Gasteiger partial charge in [0.2, 0.25) is 5.91 Å². The number of thioether (sulfide) groups is 1. The molecule has 0 radical (unpaired) electrons. The molecule has 0 saturated carbocycles. The van der Waals surface area contributed by atoms with Crippen LogP contribution in [-0.2, 0) is 4.79 Å². The molecule has 1 aliphatic heterocycles. The number of nitrogens with one attached hydrogen (secondary N) is 1. The van der Waals surface area contributed by atoms with E-state index in [0.29, 0.717) is 5.02 Å². The Morgan fingerprint density at radius 2 is 1.86 bits per heavy atom. The smallest absolute Gasteiger partial charge is 0.233 e. The fraction of sp³-hybridized carbons (Fsp3) is 0.429. The molecule has 2 aromatic rings. The quantitative estimate of drug-likeness (QED) is 0.697. The van der Waals surface area contributed by atoms with E-state index < -0.39 is 0 Å². The van der Waals surface area contributed by atoms with Crippen molar-refractivity contribution in [3.8, 4) is 0 Å². The Bertz CT molecular complexity index is 768. The molecule has 2 unspecified atom stereocenters. The average Bonchev–Trinajstić information content (AvgIpc) is 2.71. The van der Waals surface area contributed by atoms with E-state index in [1.165, 1.54) is 11.8 Å². The average molecular weight is 419 g/mol. The Morgan fingerprint density at radius 3 is 2.54 bits per heavy atom. The van der Waals surface area contributed by atoms with Gasteiger partial charge in [0.15, 0.2) is 0 Å². The monoisotopic (exact) mass is 418 g/mol. The first-order valence-electron chi connectivity index (χ1n) is 9.63. The fourth-order valence-corrected chi connectivity index (χ4v) is 4.44. The molecule has 1 fully saturated rings. The number of nitrogens with zero attached hydrogens (tertiary/aromatic N) is 3. The number of hydrogen-bond donors (Lipinski definition) is 1. The van der Waals surface area contributed by atoms with Crippen molar-refractivity contribution in [1.82, 2.24) is 15.2 Å². The minimum absolute atomic E-state index is 0.0459. The summed E-state index contributed by atoms with van der Waals surface area (Å²) >= 11 is 7.69. The van der Waals surface area contributed by atoms with Crippen LogP contribution in [0.2, 0.25) is 5.02 Å². The molecular weight excluding hydrogens is 392 g/mol. The largest absolute Gasteiger partial charge is 0.354 e. The Labute approximate surface area is 176 Å². The second-order valence-corrected chi connectivity index (χ2v) is 8.87. The molecule has 0 aliphatic carbocycles. The van der Waals surface area contributed by atoms with Gasteiger partial charge in [0.25, 0.3) is 0 Å². The predicted molar refractivity (Wildman–Crippen MR) is 117 cm³/mol. The van der Waals surface area contributed by atoms with Crippen LogP contribution < -0.4 is 10.2 Å². The van der Waals surface area contributed by atoms with Gasteiger partial charge in [0.1, 0.15) is 5.82 Å². The zero-order valence-corrected chi connectivity index (χ0v) is 17.9. The maximum Gasteiger partial charge on any atom is 0.233 e. The molecule has 1 N–H and O–H groups in total. The van der Waals surface area contributed by atoms with Crippen molar-refractivity contribution in [2.24, 2.45) is 0 Å². The Balaban J connectivity index is 1.42. The summed E-state index contributed by atoms with van der Waals surface area (Å²) in [6, 6.07) is 13.7. The topological polar surface area (TPSA) is 48.5 Å². The van der Waals surface area contributed by atoms with Crippen LogP contribution in [0, 0.1) is 0 Å². The Morgan fingerprint density at radius 1 is 1.14 bits per heavy atom. The summed E-state index contributed by atoms with van der Waals surface area (Å²) in [7, 11) is 0. The summed E-state index contributed by atoms with van der Waals surface area (Å²) in [6.45, 7) is 8.69. The molecule has 7 heteroatoms. The number of amides is 1. The van der Waals surface area contributed by atoms with Crippen LogP contribution >= 0.6 is 23.4 Å². The first kappa shape index (κ1) is 21.0. The van der Waals surface area contributed by atoms with Crippen LogP contribution in [0.25, 0.3) is 0 Å². The van der Waals surface area contributed by atoms with Gasteiger partial charge in [-0.05, 0) is 38.1 Å². The molecule has 1 aromatic carbocycles. The molecule has 3 rings (SSSR count). The van der Waals surface area contributed by atoms with Crippen LogP contribution in [0.5, 0.6) is 0 Å². The molecule has 1 aliphatic rings. The van der Waals surface area contributed by atoms with Gasteiger partial charge in [0, 0.05) is 49.9 Å². The minimum atomic E-state index is -0.191. The third-order valence-corrected chi connectivity index (χ3v) is 6.40. The molecule has 1 saturated heterocycles. The number of piperazine rings is 1. The van der Waals surface area contributed by atoms with Crippen LogP contribution in [0.1, 0.15) is 13.8 Å². The number of carbonyl (C=O) groups excluding carboxylic acids is 1. The van der Waals surface area contributed by atoms with Gasteiger partial charge >= 0.3 is 0 Å².